The van der Waals surface area contributed by atoms with Crippen molar-refractivity contribution in [2.45, 2.75) is 26.3 Å². The molecule has 0 atom stereocenters. The molecule has 0 spiro atoms. The summed E-state index contributed by atoms with van der Waals surface area (Å²) in [5, 5.41) is 0. The number of carbonyl (C=O) groups excluding carboxylic acids is 1. The first-order valence-electron chi connectivity index (χ1n) is 8.74. The first-order valence-corrected chi connectivity index (χ1v) is 9.55. The second-order valence-electron chi connectivity index (χ2n) is 5.90. The molecule has 0 aliphatic carbocycles. The highest BCUT2D eigenvalue weighted by Gasteiger charge is 2.09. The van der Waals surface area contributed by atoms with Gasteiger partial charge in [-0.15, -0.1) is 6.58 Å². The summed E-state index contributed by atoms with van der Waals surface area (Å²) in [6.07, 6.45) is 3.87. The zero-order valence-corrected chi connectivity index (χ0v) is 15.7. The number of unbranched alkanes of at least 4 members (excludes halogenated alkanes) is 1. The molecule has 1 amide bonds. The highest BCUT2D eigenvalue weighted by Crippen LogP contribution is 2.18. The van der Waals surface area contributed by atoms with E-state index in [9.17, 15) is 4.79 Å². The average molecular weight is 366 g/mol. The fraction of sp³-hybridized carbons (Fsp3) is 0.238. The molecular formula is C21H22N2O2S. The van der Waals surface area contributed by atoms with Crippen LogP contribution in [0.5, 0.6) is 5.75 Å². The summed E-state index contributed by atoms with van der Waals surface area (Å²) >= 11 is 1.50. The van der Waals surface area contributed by atoms with Crippen LogP contribution in [0.3, 0.4) is 0 Å². The predicted molar refractivity (Wildman–Crippen MR) is 107 cm³/mol. The Hall–Kier alpha value is -2.66. The van der Waals surface area contributed by atoms with Crippen molar-refractivity contribution in [2.75, 3.05) is 6.61 Å². The topological polar surface area (TPSA) is 43.6 Å². The van der Waals surface area contributed by atoms with E-state index < -0.39 is 0 Å². The number of rotatable bonds is 7. The Morgan fingerprint density at radius 3 is 2.92 bits per heavy atom. The summed E-state index contributed by atoms with van der Waals surface area (Å²) in [7, 11) is 0. The summed E-state index contributed by atoms with van der Waals surface area (Å²) < 4.78 is 8.79. The van der Waals surface area contributed by atoms with Crippen LogP contribution in [0.15, 0.2) is 66.2 Å². The Morgan fingerprint density at radius 2 is 2.12 bits per heavy atom. The van der Waals surface area contributed by atoms with Crippen molar-refractivity contribution in [2.24, 2.45) is 4.99 Å². The molecule has 0 saturated heterocycles. The van der Waals surface area contributed by atoms with Gasteiger partial charge < -0.3 is 9.30 Å². The molecule has 1 heterocycles. The van der Waals surface area contributed by atoms with Gasteiger partial charge >= 0.3 is 0 Å². The Labute approximate surface area is 157 Å². The van der Waals surface area contributed by atoms with Crippen LogP contribution in [0.4, 0.5) is 0 Å². The molecule has 3 aromatic rings. The summed E-state index contributed by atoms with van der Waals surface area (Å²) in [5.41, 5.74) is 1.59. The fourth-order valence-corrected chi connectivity index (χ4v) is 3.65. The SMILES string of the molecule is C=CCn1c(=NC(=O)c2cccc(OCCCC)c2)sc2ccccc21. The number of benzene rings is 2. The summed E-state index contributed by atoms with van der Waals surface area (Å²) in [6, 6.07) is 15.2. The molecule has 0 saturated carbocycles. The number of amides is 1. The minimum absolute atomic E-state index is 0.268. The van der Waals surface area contributed by atoms with Crippen molar-refractivity contribution in [3.63, 3.8) is 0 Å². The van der Waals surface area contributed by atoms with Crippen molar-refractivity contribution < 1.29 is 9.53 Å². The second kappa shape index (κ2) is 8.63. The number of carbonyl (C=O) groups is 1. The molecule has 0 N–H and O–H groups in total. The smallest absolute Gasteiger partial charge is 0.279 e. The van der Waals surface area contributed by atoms with Crippen LogP contribution >= 0.6 is 11.3 Å². The molecule has 5 heteroatoms. The van der Waals surface area contributed by atoms with Crippen LogP contribution in [0, 0.1) is 0 Å². The molecule has 2 aromatic carbocycles. The van der Waals surface area contributed by atoms with Gasteiger partial charge in [0.25, 0.3) is 5.91 Å². The lowest BCUT2D eigenvalue weighted by Gasteiger charge is -2.06. The number of allylic oxidation sites excluding steroid dienone is 1. The average Bonchev–Trinajstić information content (AvgIpc) is 3.00. The molecule has 0 unspecified atom stereocenters. The van der Waals surface area contributed by atoms with E-state index in [4.69, 9.17) is 4.74 Å². The third kappa shape index (κ3) is 4.11. The number of aromatic nitrogens is 1. The fourth-order valence-electron chi connectivity index (χ4n) is 2.62. The van der Waals surface area contributed by atoms with Crippen LogP contribution in [0.2, 0.25) is 0 Å². The van der Waals surface area contributed by atoms with Crippen LogP contribution in [0.25, 0.3) is 10.2 Å². The van der Waals surface area contributed by atoms with Gasteiger partial charge in [-0.05, 0) is 36.8 Å². The molecule has 0 aliphatic heterocycles. The van der Waals surface area contributed by atoms with Crippen LogP contribution in [-0.4, -0.2) is 17.1 Å². The molecule has 0 bridgehead atoms. The molecule has 26 heavy (non-hydrogen) atoms. The third-order valence-corrected chi connectivity index (χ3v) is 5.00. The Kier molecular flexibility index (Phi) is 6.02. The number of para-hydroxylation sites is 1. The zero-order chi connectivity index (χ0) is 18.4. The van der Waals surface area contributed by atoms with E-state index in [1.165, 1.54) is 11.3 Å². The largest absolute Gasteiger partial charge is 0.494 e. The van der Waals surface area contributed by atoms with Crippen molar-refractivity contribution in [1.29, 1.82) is 0 Å². The van der Waals surface area contributed by atoms with Crippen molar-refractivity contribution in [3.05, 3.63) is 71.6 Å². The quantitative estimate of drug-likeness (QED) is 0.445. The van der Waals surface area contributed by atoms with Gasteiger partial charge in [0.15, 0.2) is 4.80 Å². The highest BCUT2D eigenvalue weighted by atomic mass is 32.1. The van der Waals surface area contributed by atoms with E-state index in [2.05, 4.69) is 18.5 Å². The minimum Gasteiger partial charge on any atom is -0.494 e. The zero-order valence-electron chi connectivity index (χ0n) is 14.9. The molecule has 3 rings (SSSR count). The van der Waals surface area contributed by atoms with Crippen LogP contribution in [0.1, 0.15) is 30.1 Å². The summed E-state index contributed by atoms with van der Waals surface area (Å²) in [4.78, 5) is 17.7. The summed E-state index contributed by atoms with van der Waals surface area (Å²) in [6.45, 7) is 7.19. The van der Waals surface area contributed by atoms with Crippen LogP contribution in [-0.2, 0) is 6.54 Å². The molecule has 1 aromatic heterocycles. The Bertz CT molecular complexity index is 985. The maximum absolute atomic E-state index is 12.7. The van der Waals surface area contributed by atoms with E-state index in [0.29, 0.717) is 29.3 Å². The van der Waals surface area contributed by atoms with Crippen molar-refractivity contribution >= 4 is 27.5 Å². The normalized spacial score (nSPS) is 11.7. The predicted octanol–water partition coefficient (Wildman–Crippen LogP) is 4.81. The van der Waals surface area contributed by atoms with E-state index in [1.54, 1.807) is 12.1 Å². The first-order chi connectivity index (χ1) is 12.7. The van der Waals surface area contributed by atoms with Gasteiger partial charge in [0.1, 0.15) is 5.75 Å². The number of fused-ring (bicyclic) bond motifs is 1. The van der Waals surface area contributed by atoms with Gasteiger partial charge in [-0.1, -0.05) is 49.0 Å². The lowest BCUT2D eigenvalue weighted by molar-refractivity contribution is 0.0997. The van der Waals surface area contributed by atoms with Gasteiger partial charge in [-0.3, -0.25) is 4.79 Å². The van der Waals surface area contributed by atoms with E-state index >= 15 is 0 Å². The standard InChI is InChI=1S/C21H22N2O2S/c1-3-5-14-25-17-10-8-9-16(15-17)20(24)22-21-23(13-4-2)18-11-6-7-12-19(18)26-21/h4,6-12,15H,2-3,5,13-14H2,1H3. The molecule has 0 radical (unpaired) electrons. The van der Waals surface area contributed by atoms with Gasteiger partial charge in [0.2, 0.25) is 0 Å². The Morgan fingerprint density at radius 1 is 1.27 bits per heavy atom. The molecule has 0 aliphatic rings. The van der Waals surface area contributed by atoms with Gasteiger partial charge in [-0.25, -0.2) is 0 Å². The number of thiazole rings is 1. The molecule has 4 nitrogen and oxygen atoms in total. The van der Waals surface area contributed by atoms with E-state index in [1.807, 2.05) is 47.0 Å². The van der Waals surface area contributed by atoms with E-state index in [-0.39, 0.29) is 5.91 Å². The first kappa shape index (κ1) is 18.1. The minimum atomic E-state index is -0.268. The second-order valence-corrected chi connectivity index (χ2v) is 6.91. The lowest BCUT2D eigenvalue weighted by Crippen LogP contribution is -2.16. The Balaban J connectivity index is 1.94. The monoisotopic (exact) mass is 366 g/mol. The van der Waals surface area contributed by atoms with Crippen LogP contribution < -0.4 is 9.54 Å². The van der Waals surface area contributed by atoms with Gasteiger partial charge in [0.05, 0.1) is 16.8 Å². The molecular weight excluding hydrogens is 344 g/mol. The molecule has 0 fully saturated rings. The summed E-state index contributed by atoms with van der Waals surface area (Å²) in [5.74, 6) is 0.435. The van der Waals surface area contributed by atoms with Gasteiger partial charge in [-0.2, -0.15) is 4.99 Å². The lowest BCUT2D eigenvalue weighted by atomic mass is 10.2. The van der Waals surface area contributed by atoms with Crippen molar-refractivity contribution in [3.8, 4) is 5.75 Å². The van der Waals surface area contributed by atoms with Gasteiger partial charge in [0, 0.05) is 12.1 Å². The maximum atomic E-state index is 12.7. The number of nitrogens with zero attached hydrogens (tertiary/aromatic N) is 2. The number of hydrogen-bond donors (Lipinski definition) is 0. The highest BCUT2D eigenvalue weighted by molar-refractivity contribution is 7.16. The maximum Gasteiger partial charge on any atom is 0.279 e. The molecule has 134 valence electrons. The van der Waals surface area contributed by atoms with Crippen molar-refractivity contribution in [1.82, 2.24) is 4.57 Å². The number of ether oxygens (including phenoxy) is 1. The number of hydrogen-bond acceptors (Lipinski definition) is 3. The van der Waals surface area contributed by atoms with E-state index in [0.717, 1.165) is 23.1 Å². The third-order valence-electron chi connectivity index (χ3n) is 3.94.